The highest BCUT2D eigenvalue weighted by Gasteiger charge is 2.27. The summed E-state index contributed by atoms with van der Waals surface area (Å²) in [4.78, 5) is 0. The smallest absolute Gasteiger partial charge is 0.0834 e. The van der Waals surface area contributed by atoms with Crippen LogP contribution in [0.25, 0.3) is 0 Å². The topological polar surface area (TPSA) is 38.0 Å². The highest BCUT2D eigenvalue weighted by atomic mass is 16.3. The van der Waals surface area contributed by atoms with Gasteiger partial charge in [-0.3, -0.25) is 4.68 Å². The van der Waals surface area contributed by atoms with E-state index in [1.807, 2.05) is 25.5 Å². The SMILES string of the molecule is Cn1cc(CC(O)c2ccccc2C2CC2)cn1. The van der Waals surface area contributed by atoms with E-state index in [-0.39, 0.29) is 0 Å². The first-order chi connectivity index (χ1) is 8.74. The molecule has 1 unspecified atom stereocenters. The molecule has 1 N–H and O–H groups in total. The van der Waals surface area contributed by atoms with Gasteiger partial charge in [-0.1, -0.05) is 24.3 Å². The van der Waals surface area contributed by atoms with Crippen LogP contribution >= 0.6 is 0 Å². The Labute approximate surface area is 107 Å². The maximum absolute atomic E-state index is 10.4. The second-order valence-electron chi connectivity index (χ2n) is 5.15. The van der Waals surface area contributed by atoms with Crippen molar-refractivity contribution in [1.82, 2.24) is 9.78 Å². The summed E-state index contributed by atoms with van der Waals surface area (Å²) in [7, 11) is 1.90. The fourth-order valence-corrected chi connectivity index (χ4v) is 2.49. The number of rotatable bonds is 4. The van der Waals surface area contributed by atoms with E-state index in [9.17, 15) is 5.11 Å². The van der Waals surface area contributed by atoms with Gasteiger partial charge in [-0.25, -0.2) is 0 Å². The number of aryl methyl sites for hydroxylation is 1. The second kappa shape index (κ2) is 4.58. The predicted molar refractivity (Wildman–Crippen MR) is 70.3 cm³/mol. The van der Waals surface area contributed by atoms with Crippen LogP contribution in [0.2, 0.25) is 0 Å². The van der Waals surface area contributed by atoms with Crippen molar-refractivity contribution in [3.05, 3.63) is 53.3 Å². The lowest BCUT2D eigenvalue weighted by Gasteiger charge is -2.14. The van der Waals surface area contributed by atoms with E-state index < -0.39 is 6.10 Å². The number of hydrogen-bond acceptors (Lipinski definition) is 2. The highest BCUT2D eigenvalue weighted by molar-refractivity contribution is 5.35. The Morgan fingerprint density at radius 1 is 1.39 bits per heavy atom. The van der Waals surface area contributed by atoms with Gasteiger partial charge in [0, 0.05) is 19.7 Å². The normalized spacial score (nSPS) is 16.8. The molecule has 3 rings (SSSR count). The Hall–Kier alpha value is -1.61. The minimum atomic E-state index is -0.425. The molecule has 2 aromatic rings. The molecule has 3 heteroatoms. The van der Waals surface area contributed by atoms with Crippen LogP contribution < -0.4 is 0 Å². The quantitative estimate of drug-likeness (QED) is 0.894. The van der Waals surface area contributed by atoms with Gasteiger partial charge < -0.3 is 5.11 Å². The zero-order valence-electron chi connectivity index (χ0n) is 10.6. The van der Waals surface area contributed by atoms with E-state index >= 15 is 0 Å². The van der Waals surface area contributed by atoms with E-state index in [4.69, 9.17) is 0 Å². The van der Waals surface area contributed by atoms with Gasteiger partial charge in [-0.15, -0.1) is 0 Å². The Balaban J connectivity index is 1.81. The zero-order valence-corrected chi connectivity index (χ0v) is 10.6. The summed E-state index contributed by atoms with van der Waals surface area (Å²) in [5.74, 6) is 0.671. The lowest BCUT2D eigenvalue weighted by atomic mass is 9.96. The first-order valence-electron chi connectivity index (χ1n) is 6.48. The minimum absolute atomic E-state index is 0.425. The molecule has 1 atom stereocenters. The van der Waals surface area contributed by atoms with Crippen LogP contribution in [0.3, 0.4) is 0 Å². The third-order valence-electron chi connectivity index (χ3n) is 3.56. The van der Waals surface area contributed by atoms with Crippen molar-refractivity contribution in [1.29, 1.82) is 0 Å². The van der Waals surface area contributed by atoms with Crippen LogP contribution in [0.15, 0.2) is 36.7 Å². The number of aliphatic hydroxyl groups excluding tert-OH is 1. The van der Waals surface area contributed by atoms with E-state index in [2.05, 4.69) is 23.3 Å². The number of benzene rings is 1. The van der Waals surface area contributed by atoms with E-state index in [1.165, 1.54) is 18.4 Å². The molecule has 0 saturated heterocycles. The predicted octanol–water partition coefficient (Wildman–Crippen LogP) is 2.57. The number of nitrogens with zero attached hydrogens (tertiary/aromatic N) is 2. The Kier molecular flexibility index (Phi) is 2.92. The molecule has 0 spiro atoms. The van der Waals surface area contributed by atoms with Gasteiger partial charge in [0.2, 0.25) is 0 Å². The Morgan fingerprint density at radius 3 is 2.83 bits per heavy atom. The first kappa shape index (κ1) is 11.5. The van der Waals surface area contributed by atoms with Crippen LogP contribution in [0.4, 0.5) is 0 Å². The maximum atomic E-state index is 10.4. The Morgan fingerprint density at radius 2 is 2.17 bits per heavy atom. The molecule has 1 heterocycles. The minimum Gasteiger partial charge on any atom is -0.388 e. The van der Waals surface area contributed by atoms with Gasteiger partial charge in [0.15, 0.2) is 0 Å². The van der Waals surface area contributed by atoms with E-state index in [1.54, 1.807) is 4.68 Å². The van der Waals surface area contributed by atoms with Crippen molar-refractivity contribution in [2.75, 3.05) is 0 Å². The van der Waals surface area contributed by atoms with Gasteiger partial charge in [-0.2, -0.15) is 5.10 Å². The second-order valence-corrected chi connectivity index (χ2v) is 5.15. The summed E-state index contributed by atoms with van der Waals surface area (Å²) in [5, 5.41) is 14.5. The van der Waals surface area contributed by atoms with Gasteiger partial charge >= 0.3 is 0 Å². The molecule has 0 amide bonds. The zero-order chi connectivity index (χ0) is 12.5. The average molecular weight is 242 g/mol. The monoisotopic (exact) mass is 242 g/mol. The summed E-state index contributed by atoms with van der Waals surface area (Å²) < 4.78 is 1.77. The molecule has 1 aromatic carbocycles. The highest BCUT2D eigenvalue weighted by Crippen LogP contribution is 2.43. The van der Waals surface area contributed by atoms with Crippen molar-refractivity contribution >= 4 is 0 Å². The summed E-state index contributed by atoms with van der Waals surface area (Å²) in [6, 6.07) is 8.27. The third-order valence-corrected chi connectivity index (χ3v) is 3.56. The molecular weight excluding hydrogens is 224 g/mol. The first-order valence-corrected chi connectivity index (χ1v) is 6.48. The average Bonchev–Trinajstić information content (AvgIpc) is 3.14. The lowest BCUT2D eigenvalue weighted by Crippen LogP contribution is -2.04. The van der Waals surface area contributed by atoms with Crippen molar-refractivity contribution in [2.24, 2.45) is 7.05 Å². The Bertz CT molecular complexity index is 543. The summed E-state index contributed by atoms with van der Waals surface area (Å²) in [6.45, 7) is 0. The molecule has 94 valence electrons. The fourth-order valence-electron chi connectivity index (χ4n) is 2.49. The maximum Gasteiger partial charge on any atom is 0.0834 e. The molecule has 1 fully saturated rings. The molecule has 18 heavy (non-hydrogen) atoms. The van der Waals surface area contributed by atoms with E-state index in [0.717, 1.165) is 11.1 Å². The van der Waals surface area contributed by atoms with Gasteiger partial charge in [0.05, 0.1) is 12.3 Å². The molecule has 1 aliphatic carbocycles. The largest absolute Gasteiger partial charge is 0.388 e. The molecule has 1 aliphatic rings. The van der Waals surface area contributed by atoms with Gasteiger partial charge in [0.1, 0.15) is 0 Å². The summed E-state index contributed by atoms with van der Waals surface area (Å²) in [6.07, 6.45) is 6.52. The van der Waals surface area contributed by atoms with Crippen LogP contribution in [-0.2, 0) is 13.5 Å². The molecule has 1 aromatic heterocycles. The fraction of sp³-hybridized carbons (Fsp3) is 0.400. The van der Waals surface area contributed by atoms with Crippen molar-refractivity contribution in [2.45, 2.75) is 31.3 Å². The van der Waals surface area contributed by atoms with Crippen LogP contribution in [-0.4, -0.2) is 14.9 Å². The summed E-state index contributed by atoms with van der Waals surface area (Å²) >= 11 is 0. The van der Waals surface area contributed by atoms with Crippen molar-refractivity contribution < 1.29 is 5.11 Å². The standard InChI is InChI=1S/C15H18N2O/c1-17-10-11(9-16-17)8-15(18)14-5-3-2-4-13(14)12-6-7-12/h2-5,9-10,12,15,18H,6-8H2,1H3. The molecule has 0 aliphatic heterocycles. The number of aromatic nitrogens is 2. The molecular formula is C15H18N2O. The molecule has 3 nitrogen and oxygen atoms in total. The lowest BCUT2D eigenvalue weighted by molar-refractivity contribution is 0.177. The molecule has 0 bridgehead atoms. The molecule has 0 radical (unpaired) electrons. The van der Waals surface area contributed by atoms with E-state index in [0.29, 0.717) is 12.3 Å². The number of aliphatic hydroxyl groups is 1. The number of hydrogen-bond donors (Lipinski definition) is 1. The molecule has 1 saturated carbocycles. The van der Waals surface area contributed by atoms with Crippen molar-refractivity contribution in [3.8, 4) is 0 Å². The van der Waals surface area contributed by atoms with Gasteiger partial charge in [0.25, 0.3) is 0 Å². The van der Waals surface area contributed by atoms with Gasteiger partial charge in [-0.05, 0) is 35.4 Å². The van der Waals surface area contributed by atoms with Crippen LogP contribution in [0.1, 0.15) is 41.6 Å². The van der Waals surface area contributed by atoms with Crippen LogP contribution in [0.5, 0.6) is 0 Å². The summed E-state index contributed by atoms with van der Waals surface area (Å²) in [5.41, 5.74) is 3.49. The third kappa shape index (κ3) is 2.31. The van der Waals surface area contributed by atoms with Crippen molar-refractivity contribution in [3.63, 3.8) is 0 Å². The van der Waals surface area contributed by atoms with Crippen LogP contribution in [0, 0.1) is 0 Å².